The molecule has 1 unspecified atom stereocenters. The lowest BCUT2D eigenvalue weighted by atomic mass is 10.0. The summed E-state index contributed by atoms with van der Waals surface area (Å²) >= 11 is 0. The van der Waals surface area contributed by atoms with Crippen LogP contribution >= 0.6 is 0 Å². The van der Waals surface area contributed by atoms with E-state index in [-0.39, 0.29) is 5.84 Å². The summed E-state index contributed by atoms with van der Waals surface area (Å²) in [6.07, 6.45) is 2.41. The van der Waals surface area contributed by atoms with Crippen LogP contribution in [0.1, 0.15) is 29.5 Å². The summed E-state index contributed by atoms with van der Waals surface area (Å²) in [6.45, 7) is 5.63. The first-order valence-electron chi connectivity index (χ1n) is 7.06. The highest BCUT2D eigenvalue weighted by molar-refractivity contribution is 5.97. The lowest BCUT2D eigenvalue weighted by Gasteiger charge is -2.22. The van der Waals surface area contributed by atoms with Crippen molar-refractivity contribution in [1.82, 2.24) is 5.32 Å². The maximum atomic E-state index is 8.67. The Morgan fingerprint density at radius 2 is 2.40 bits per heavy atom. The molecule has 0 saturated carbocycles. The van der Waals surface area contributed by atoms with Crippen molar-refractivity contribution in [3.8, 4) is 0 Å². The highest BCUT2D eigenvalue weighted by atomic mass is 16.5. The highest BCUT2D eigenvalue weighted by Crippen LogP contribution is 2.14. The van der Waals surface area contributed by atoms with E-state index in [1.807, 2.05) is 25.1 Å². The number of ether oxygens (including phenoxy) is 1. The fraction of sp³-hybridized carbons (Fsp3) is 0.533. The Bertz CT molecular complexity index is 468. The molecule has 0 amide bonds. The first-order valence-corrected chi connectivity index (χ1v) is 7.06. The number of rotatable bonds is 5. The minimum absolute atomic E-state index is 0.145. The fourth-order valence-electron chi connectivity index (χ4n) is 2.49. The van der Waals surface area contributed by atoms with Crippen molar-refractivity contribution in [3.63, 3.8) is 0 Å². The van der Waals surface area contributed by atoms with E-state index in [1.54, 1.807) is 0 Å². The van der Waals surface area contributed by atoms with Crippen molar-refractivity contribution in [2.24, 2.45) is 16.8 Å². The molecule has 1 fully saturated rings. The zero-order chi connectivity index (χ0) is 14.4. The molecular formula is C15H23N3O2. The van der Waals surface area contributed by atoms with Crippen molar-refractivity contribution >= 4 is 5.84 Å². The molecule has 1 saturated heterocycles. The number of amidine groups is 1. The summed E-state index contributed by atoms with van der Waals surface area (Å²) in [7, 11) is 0. The molecule has 0 aliphatic carbocycles. The number of aryl methyl sites for hydroxylation is 1. The summed E-state index contributed by atoms with van der Waals surface area (Å²) in [5.74, 6) is 0.771. The van der Waals surface area contributed by atoms with Gasteiger partial charge in [-0.3, -0.25) is 0 Å². The number of nitrogens with one attached hydrogen (secondary N) is 1. The molecule has 1 aromatic carbocycles. The molecule has 0 bridgehead atoms. The molecule has 1 aliphatic rings. The Kier molecular flexibility index (Phi) is 5.38. The molecular weight excluding hydrogens is 254 g/mol. The molecule has 1 aliphatic heterocycles. The van der Waals surface area contributed by atoms with E-state index in [0.717, 1.165) is 37.4 Å². The van der Waals surface area contributed by atoms with Gasteiger partial charge in [-0.15, -0.1) is 0 Å². The molecule has 1 aromatic rings. The standard InChI is InChI=1S/C15H23N3O2/c1-11-7-13(15(16)18-19)4-5-14(11)9-17-8-12-3-2-6-20-10-12/h4-5,7,12,17,19H,2-3,6,8-10H2,1H3,(H2,16,18). The maximum absolute atomic E-state index is 8.67. The SMILES string of the molecule is Cc1cc(/C(N)=N/O)ccc1CNCC1CCCOC1. The van der Waals surface area contributed by atoms with Crippen LogP contribution in [0.25, 0.3) is 0 Å². The Morgan fingerprint density at radius 1 is 1.55 bits per heavy atom. The van der Waals surface area contributed by atoms with Crippen LogP contribution in [0.2, 0.25) is 0 Å². The van der Waals surface area contributed by atoms with Gasteiger partial charge in [0.2, 0.25) is 0 Å². The van der Waals surface area contributed by atoms with Gasteiger partial charge in [0.1, 0.15) is 0 Å². The predicted octanol–water partition coefficient (Wildman–Crippen LogP) is 1.61. The second-order valence-electron chi connectivity index (χ2n) is 5.34. The van der Waals surface area contributed by atoms with Crippen LogP contribution in [-0.2, 0) is 11.3 Å². The fourth-order valence-corrected chi connectivity index (χ4v) is 2.49. The predicted molar refractivity (Wildman–Crippen MR) is 78.9 cm³/mol. The van der Waals surface area contributed by atoms with E-state index < -0.39 is 0 Å². The summed E-state index contributed by atoms with van der Waals surface area (Å²) in [5, 5.41) is 15.2. The van der Waals surface area contributed by atoms with Gasteiger partial charge in [0.15, 0.2) is 5.84 Å². The van der Waals surface area contributed by atoms with Crippen molar-refractivity contribution in [2.75, 3.05) is 19.8 Å². The summed E-state index contributed by atoms with van der Waals surface area (Å²) in [6, 6.07) is 5.84. The van der Waals surface area contributed by atoms with Crippen LogP contribution < -0.4 is 11.1 Å². The molecule has 5 nitrogen and oxygen atoms in total. The van der Waals surface area contributed by atoms with E-state index in [9.17, 15) is 0 Å². The molecule has 0 spiro atoms. The Hall–Kier alpha value is -1.59. The van der Waals surface area contributed by atoms with Gasteiger partial charge in [-0.05, 0) is 42.9 Å². The average Bonchev–Trinajstić information content (AvgIpc) is 2.49. The Labute approximate surface area is 119 Å². The van der Waals surface area contributed by atoms with E-state index in [1.165, 1.54) is 18.4 Å². The van der Waals surface area contributed by atoms with Crippen molar-refractivity contribution in [2.45, 2.75) is 26.3 Å². The molecule has 2 rings (SSSR count). The summed E-state index contributed by atoms with van der Waals surface area (Å²) in [5.41, 5.74) is 8.70. The third kappa shape index (κ3) is 3.95. The van der Waals surface area contributed by atoms with Gasteiger partial charge in [-0.2, -0.15) is 0 Å². The molecule has 110 valence electrons. The van der Waals surface area contributed by atoms with Gasteiger partial charge in [-0.1, -0.05) is 17.3 Å². The number of hydrogen-bond donors (Lipinski definition) is 3. The molecule has 0 aromatic heterocycles. The van der Waals surface area contributed by atoms with Gasteiger partial charge in [0.05, 0.1) is 6.61 Å². The molecule has 5 heteroatoms. The molecule has 1 atom stereocenters. The minimum Gasteiger partial charge on any atom is -0.409 e. The second-order valence-corrected chi connectivity index (χ2v) is 5.34. The van der Waals surface area contributed by atoms with Crippen LogP contribution in [0, 0.1) is 12.8 Å². The van der Waals surface area contributed by atoms with Crippen LogP contribution in [0.5, 0.6) is 0 Å². The van der Waals surface area contributed by atoms with Gasteiger partial charge in [-0.25, -0.2) is 0 Å². The second kappa shape index (κ2) is 7.26. The van der Waals surface area contributed by atoms with E-state index >= 15 is 0 Å². The van der Waals surface area contributed by atoms with Crippen LogP contribution in [0.15, 0.2) is 23.4 Å². The number of benzene rings is 1. The third-order valence-electron chi connectivity index (χ3n) is 3.75. The topological polar surface area (TPSA) is 79.9 Å². The molecule has 20 heavy (non-hydrogen) atoms. The van der Waals surface area contributed by atoms with Crippen molar-refractivity contribution in [1.29, 1.82) is 0 Å². The van der Waals surface area contributed by atoms with Gasteiger partial charge < -0.3 is 21.0 Å². The monoisotopic (exact) mass is 277 g/mol. The van der Waals surface area contributed by atoms with Crippen LogP contribution in [0.3, 0.4) is 0 Å². The Balaban J connectivity index is 1.86. The molecule has 1 heterocycles. The molecule has 0 radical (unpaired) electrons. The number of oxime groups is 1. The highest BCUT2D eigenvalue weighted by Gasteiger charge is 2.13. The zero-order valence-electron chi connectivity index (χ0n) is 11.9. The van der Waals surface area contributed by atoms with Gasteiger partial charge >= 0.3 is 0 Å². The smallest absolute Gasteiger partial charge is 0.170 e. The third-order valence-corrected chi connectivity index (χ3v) is 3.75. The molecule has 4 N–H and O–H groups in total. The van der Waals surface area contributed by atoms with Gasteiger partial charge in [0.25, 0.3) is 0 Å². The van der Waals surface area contributed by atoms with E-state index in [2.05, 4.69) is 10.5 Å². The summed E-state index contributed by atoms with van der Waals surface area (Å²) < 4.78 is 5.47. The van der Waals surface area contributed by atoms with E-state index in [4.69, 9.17) is 15.7 Å². The number of nitrogens with zero attached hydrogens (tertiary/aromatic N) is 1. The quantitative estimate of drug-likeness (QED) is 0.330. The summed E-state index contributed by atoms with van der Waals surface area (Å²) in [4.78, 5) is 0. The first kappa shape index (κ1) is 14.8. The lowest BCUT2D eigenvalue weighted by Crippen LogP contribution is -2.29. The van der Waals surface area contributed by atoms with Crippen molar-refractivity contribution < 1.29 is 9.94 Å². The lowest BCUT2D eigenvalue weighted by molar-refractivity contribution is 0.0547. The maximum Gasteiger partial charge on any atom is 0.170 e. The normalized spacial score (nSPS) is 20.1. The largest absolute Gasteiger partial charge is 0.409 e. The Morgan fingerprint density at radius 3 is 3.05 bits per heavy atom. The van der Waals surface area contributed by atoms with Gasteiger partial charge in [0, 0.05) is 25.3 Å². The van der Waals surface area contributed by atoms with Crippen molar-refractivity contribution in [3.05, 3.63) is 34.9 Å². The van der Waals surface area contributed by atoms with Crippen LogP contribution in [-0.4, -0.2) is 30.8 Å². The average molecular weight is 277 g/mol. The minimum atomic E-state index is 0.145. The number of nitrogens with two attached hydrogens (primary N) is 1. The first-order chi connectivity index (χ1) is 9.70. The zero-order valence-corrected chi connectivity index (χ0v) is 11.9. The van der Waals surface area contributed by atoms with Crippen LogP contribution in [0.4, 0.5) is 0 Å². The van der Waals surface area contributed by atoms with E-state index in [0.29, 0.717) is 5.92 Å². The number of hydrogen-bond acceptors (Lipinski definition) is 4.